The van der Waals surface area contributed by atoms with Gasteiger partial charge in [-0.25, -0.2) is 0 Å². The third-order valence-corrected chi connectivity index (χ3v) is 5.67. The standard InChI is InChI=1S/C18H35N3O.HI/c1-19-17(20-13-9-16-7-4-3-5-8-16)21-15-18(10-6-11-18)12-14-22-2;/h16H,3-15H2,1-2H3,(H2,19,20,21);1H. The first kappa shape index (κ1) is 21.0. The topological polar surface area (TPSA) is 45.7 Å². The first-order valence-electron chi connectivity index (χ1n) is 9.21. The molecule has 0 bridgehead atoms. The van der Waals surface area contributed by atoms with Crippen LogP contribution in [0.15, 0.2) is 4.99 Å². The zero-order valence-electron chi connectivity index (χ0n) is 15.0. The second-order valence-electron chi connectivity index (χ2n) is 7.24. The average Bonchev–Trinajstić information content (AvgIpc) is 2.52. The Hall–Kier alpha value is -0.0400. The van der Waals surface area contributed by atoms with Gasteiger partial charge in [0, 0.05) is 33.9 Å². The zero-order chi connectivity index (χ0) is 15.7. The van der Waals surface area contributed by atoms with Gasteiger partial charge in [-0.2, -0.15) is 0 Å². The molecule has 0 saturated heterocycles. The van der Waals surface area contributed by atoms with Crippen LogP contribution in [0.3, 0.4) is 0 Å². The highest BCUT2D eigenvalue weighted by atomic mass is 127. The monoisotopic (exact) mass is 437 g/mol. The Kier molecular flexibility index (Phi) is 10.5. The van der Waals surface area contributed by atoms with Crippen LogP contribution in [-0.2, 0) is 4.74 Å². The Morgan fingerprint density at radius 1 is 1.13 bits per heavy atom. The molecular weight excluding hydrogens is 401 g/mol. The molecule has 0 amide bonds. The molecule has 0 unspecified atom stereocenters. The van der Waals surface area contributed by atoms with E-state index in [9.17, 15) is 0 Å². The van der Waals surface area contributed by atoms with Crippen LogP contribution in [0.25, 0.3) is 0 Å². The molecule has 2 saturated carbocycles. The van der Waals surface area contributed by atoms with Crippen LogP contribution in [0.2, 0.25) is 0 Å². The van der Waals surface area contributed by atoms with Gasteiger partial charge in [0.2, 0.25) is 0 Å². The Labute approximate surface area is 159 Å². The number of nitrogens with zero attached hydrogens (tertiary/aromatic N) is 1. The number of methoxy groups -OCH3 is 1. The predicted molar refractivity (Wildman–Crippen MR) is 109 cm³/mol. The van der Waals surface area contributed by atoms with Gasteiger partial charge in [-0.05, 0) is 37.0 Å². The Morgan fingerprint density at radius 3 is 2.43 bits per heavy atom. The molecule has 2 fully saturated rings. The van der Waals surface area contributed by atoms with Gasteiger partial charge in [0.05, 0.1) is 0 Å². The van der Waals surface area contributed by atoms with Gasteiger partial charge < -0.3 is 15.4 Å². The molecule has 2 N–H and O–H groups in total. The molecule has 0 aromatic heterocycles. The van der Waals surface area contributed by atoms with Gasteiger partial charge in [-0.3, -0.25) is 4.99 Å². The molecule has 2 aliphatic rings. The summed E-state index contributed by atoms with van der Waals surface area (Å²) in [7, 11) is 3.67. The maximum absolute atomic E-state index is 5.26. The van der Waals surface area contributed by atoms with Gasteiger partial charge in [0.15, 0.2) is 5.96 Å². The molecule has 4 nitrogen and oxygen atoms in total. The summed E-state index contributed by atoms with van der Waals surface area (Å²) in [6.45, 7) is 2.95. The van der Waals surface area contributed by atoms with Crippen molar-refractivity contribution in [2.24, 2.45) is 16.3 Å². The molecule has 0 aliphatic heterocycles. The highest BCUT2D eigenvalue weighted by Gasteiger charge is 2.36. The van der Waals surface area contributed by atoms with E-state index in [1.807, 2.05) is 7.05 Å². The quantitative estimate of drug-likeness (QED) is 0.344. The average molecular weight is 437 g/mol. The number of hydrogen-bond acceptors (Lipinski definition) is 2. The molecule has 0 spiro atoms. The summed E-state index contributed by atoms with van der Waals surface area (Å²) in [5.74, 6) is 1.90. The van der Waals surface area contributed by atoms with Gasteiger partial charge in [-0.15, -0.1) is 24.0 Å². The predicted octanol–water partition coefficient (Wildman–Crippen LogP) is 3.95. The number of nitrogens with one attached hydrogen (secondary N) is 2. The molecule has 0 atom stereocenters. The summed E-state index contributed by atoms with van der Waals surface area (Å²) in [6, 6.07) is 0. The molecule has 136 valence electrons. The SMILES string of the molecule is CN=C(NCCC1CCCCC1)NCC1(CCOC)CCC1.I. The summed E-state index contributed by atoms with van der Waals surface area (Å²) < 4.78 is 5.26. The number of ether oxygens (including phenoxy) is 1. The lowest BCUT2D eigenvalue weighted by molar-refractivity contribution is 0.0732. The van der Waals surface area contributed by atoms with E-state index in [0.717, 1.165) is 38.0 Å². The first-order chi connectivity index (χ1) is 10.8. The van der Waals surface area contributed by atoms with Crippen molar-refractivity contribution in [2.75, 3.05) is 33.9 Å². The normalized spacial score (nSPS) is 21.2. The summed E-state index contributed by atoms with van der Waals surface area (Å²) in [5, 5.41) is 7.04. The van der Waals surface area contributed by atoms with Crippen LogP contribution in [0.4, 0.5) is 0 Å². The molecule has 5 heteroatoms. The fraction of sp³-hybridized carbons (Fsp3) is 0.944. The van der Waals surface area contributed by atoms with E-state index in [0.29, 0.717) is 5.41 Å². The van der Waals surface area contributed by atoms with Gasteiger partial charge in [-0.1, -0.05) is 38.5 Å². The molecule has 0 heterocycles. The Balaban J connectivity index is 0.00000264. The third kappa shape index (κ3) is 7.16. The lowest BCUT2D eigenvalue weighted by Crippen LogP contribution is -2.47. The fourth-order valence-electron chi connectivity index (χ4n) is 3.87. The summed E-state index contributed by atoms with van der Waals surface area (Å²) in [4.78, 5) is 4.38. The van der Waals surface area contributed by atoms with Crippen molar-refractivity contribution < 1.29 is 4.74 Å². The van der Waals surface area contributed by atoms with Crippen molar-refractivity contribution in [1.82, 2.24) is 10.6 Å². The first-order valence-corrected chi connectivity index (χ1v) is 9.21. The van der Waals surface area contributed by atoms with E-state index in [-0.39, 0.29) is 24.0 Å². The number of rotatable bonds is 8. The van der Waals surface area contributed by atoms with Crippen molar-refractivity contribution >= 4 is 29.9 Å². The lowest BCUT2D eigenvalue weighted by Gasteiger charge is -2.42. The minimum Gasteiger partial charge on any atom is -0.385 e. The Bertz CT molecular complexity index is 339. The van der Waals surface area contributed by atoms with Crippen molar-refractivity contribution in [3.8, 4) is 0 Å². The van der Waals surface area contributed by atoms with Crippen LogP contribution in [0, 0.1) is 11.3 Å². The van der Waals surface area contributed by atoms with Crippen LogP contribution in [0.5, 0.6) is 0 Å². The van der Waals surface area contributed by atoms with E-state index >= 15 is 0 Å². The second-order valence-corrected chi connectivity index (χ2v) is 7.24. The number of hydrogen-bond donors (Lipinski definition) is 2. The van der Waals surface area contributed by atoms with E-state index < -0.39 is 0 Å². The smallest absolute Gasteiger partial charge is 0.190 e. The molecule has 2 aliphatic carbocycles. The van der Waals surface area contributed by atoms with Gasteiger partial charge >= 0.3 is 0 Å². The lowest BCUT2D eigenvalue weighted by atomic mass is 9.67. The number of halogens is 1. The fourth-order valence-corrected chi connectivity index (χ4v) is 3.87. The van der Waals surface area contributed by atoms with Crippen LogP contribution >= 0.6 is 24.0 Å². The van der Waals surface area contributed by atoms with Crippen LogP contribution < -0.4 is 10.6 Å². The molecular formula is C18H36IN3O. The molecule has 2 rings (SSSR count). The largest absolute Gasteiger partial charge is 0.385 e. The van der Waals surface area contributed by atoms with Gasteiger partial charge in [0.1, 0.15) is 0 Å². The van der Waals surface area contributed by atoms with Gasteiger partial charge in [0.25, 0.3) is 0 Å². The number of aliphatic imine (C=N–C) groups is 1. The van der Waals surface area contributed by atoms with E-state index in [1.54, 1.807) is 7.11 Å². The van der Waals surface area contributed by atoms with Crippen LogP contribution in [0.1, 0.15) is 64.2 Å². The van der Waals surface area contributed by atoms with E-state index in [1.165, 1.54) is 57.8 Å². The van der Waals surface area contributed by atoms with E-state index in [2.05, 4.69) is 15.6 Å². The van der Waals surface area contributed by atoms with E-state index in [4.69, 9.17) is 4.74 Å². The van der Waals surface area contributed by atoms with Crippen molar-refractivity contribution in [3.05, 3.63) is 0 Å². The number of guanidine groups is 1. The summed E-state index contributed by atoms with van der Waals surface area (Å²) in [6.07, 6.45) is 13.6. The van der Waals surface area contributed by atoms with Crippen LogP contribution in [-0.4, -0.2) is 39.8 Å². The van der Waals surface area contributed by atoms with Crippen molar-refractivity contribution in [3.63, 3.8) is 0 Å². The van der Waals surface area contributed by atoms with Crippen molar-refractivity contribution in [2.45, 2.75) is 64.2 Å². The highest BCUT2D eigenvalue weighted by molar-refractivity contribution is 14.0. The minimum atomic E-state index is 0. The highest BCUT2D eigenvalue weighted by Crippen LogP contribution is 2.43. The molecule has 23 heavy (non-hydrogen) atoms. The second kappa shape index (κ2) is 11.5. The third-order valence-electron chi connectivity index (χ3n) is 5.67. The maximum atomic E-state index is 5.26. The van der Waals surface area contributed by atoms with Crippen molar-refractivity contribution in [1.29, 1.82) is 0 Å². The summed E-state index contributed by atoms with van der Waals surface area (Å²) in [5.41, 5.74) is 0.441. The Morgan fingerprint density at radius 2 is 1.87 bits per heavy atom. The summed E-state index contributed by atoms with van der Waals surface area (Å²) >= 11 is 0. The molecule has 0 radical (unpaired) electrons. The zero-order valence-corrected chi connectivity index (χ0v) is 17.4. The minimum absolute atomic E-state index is 0. The maximum Gasteiger partial charge on any atom is 0.190 e. The molecule has 0 aromatic rings. The molecule has 0 aromatic carbocycles.